The Kier molecular flexibility index (Phi) is 11.0. The van der Waals surface area contributed by atoms with Gasteiger partial charge in [-0.3, -0.25) is 14.4 Å². The maximum absolute atomic E-state index is 12.7. The molecule has 0 aliphatic carbocycles. The van der Waals surface area contributed by atoms with Gasteiger partial charge in [-0.1, -0.05) is 0 Å². The number of carbonyl (C=O) groups is 4. The molecule has 0 radical (unpaired) electrons. The smallest absolute Gasteiger partial charge is 0.326 e. The number of aromatic amines is 1. The zero-order valence-electron chi connectivity index (χ0n) is 16.5. The summed E-state index contributed by atoms with van der Waals surface area (Å²) in [4.78, 5) is 54.6. The quantitative estimate of drug-likeness (QED) is 0.138. The zero-order valence-corrected chi connectivity index (χ0v) is 16.5. The third-order valence-corrected chi connectivity index (χ3v) is 4.19. The number of unbranched alkanes of at least 4 members (excludes halogenated alkanes) is 1. The molecule has 0 spiro atoms. The van der Waals surface area contributed by atoms with Crippen LogP contribution in [0.25, 0.3) is 0 Å². The van der Waals surface area contributed by atoms with Gasteiger partial charge in [0.1, 0.15) is 18.1 Å². The molecule has 0 saturated carbocycles. The average Bonchev–Trinajstić information content (AvgIpc) is 3.23. The van der Waals surface area contributed by atoms with Crippen molar-refractivity contribution in [3.63, 3.8) is 0 Å². The van der Waals surface area contributed by atoms with Crippen molar-refractivity contribution < 1.29 is 29.4 Å². The molecule has 30 heavy (non-hydrogen) atoms. The summed E-state index contributed by atoms with van der Waals surface area (Å²) in [7, 11) is 0. The van der Waals surface area contributed by atoms with E-state index in [-0.39, 0.29) is 19.4 Å². The molecule has 3 atom stereocenters. The lowest BCUT2D eigenvalue weighted by Gasteiger charge is -2.23. The van der Waals surface area contributed by atoms with Crippen LogP contribution >= 0.6 is 0 Å². The second kappa shape index (κ2) is 13.2. The van der Waals surface area contributed by atoms with Crippen LogP contribution in [0, 0.1) is 0 Å². The van der Waals surface area contributed by atoms with E-state index in [9.17, 15) is 29.4 Å². The molecule has 0 bridgehead atoms. The van der Waals surface area contributed by atoms with Crippen molar-refractivity contribution >= 4 is 23.7 Å². The first-order valence-electron chi connectivity index (χ1n) is 9.43. The van der Waals surface area contributed by atoms with Gasteiger partial charge in [-0.15, -0.1) is 0 Å². The van der Waals surface area contributed by atoms with E-state index in [1.807, 2.05) is 0 Å². The number of H-pyrrole nitrogens is 1. The Labute approximate surface area is 173 Å². The van der Waals surface area contributed by atoms with Gasteiger partial charge in [-0.05, 0) is 25.8 Å². The summed E-state index contributed by atoms with van der Waals surface area (Å²) in [5.41, 5.74) is 11.2. The minimum Gasteiger partial charge on any atom is -0.480 e. The van der Waals surface area contributed by atoms with Crippen LogP contribution < -0.4 is 27.4 Å². The number of imidazole rings is 1. The highest BCUT2D eigenvalue weighted by atomic mass is 16.4. The largest absolute Gasteiger partial charge is 0.480 e. The Balaban J connectivity index is 2.85. The molecule has 1 aromatic rings. The molecule has 13 heteroatoms. The number of aromatic nitrogens is 2. The Bertz CT molecular complexity index is 697. The first kappa shape index (κ1) is 25.0. The Morgan fingerprint density at radius 2 is 1.70 bits per heavy atom. The van der Waals surface area contributed by atoms with Gasteiger partial charge in [0.15, 0.2) is 0 Å². The van der Waals surface area contributed by atoms with Crippen LogP contribution in [-0.2, 0) is 25.6 Å². The number of hydrogen-bond acceptors (Lipinski definition) is 8. The maximum Gasteiger partial charge on any atom is 0.326 e. The second-order valence-corrected chi connectivity index (χ2v) is 6.53. The summed E-state index contributed by atoms with van der Waals surface area (Å²) in [6.45, 7) is -0.698. The van der Waals surface area contributed by atoms with E-state index >= 15 is 0 Å². The number of amides is 3. The number of aliphatic carboxylic acids is 1. The van der Waals surface area contributed by atoms with E-state index < -0.39 is 48.4 Å². The topological polar surface area (TPSA) is 226 Å². The van der Waals surface area contributed by atoms with Crippen molar-refractivity contribution in [3.05, 3.63) is 18.2 Å². The van der Waals surface area contributed by atoms with E-state index in [4.69, 9.17) is 11.5 Å². The number of nitrogens with zero attached hydrogens (tertiary/aromatic N) is 1. The van der Waals surface area contributed by atoms with Gasteiger partial charge in [0.25, 0.3) is 0 Å². The van der Waals surface area contributed by atoms with Gasteiger partial charge >= 0.3 is 5.97 Å². The summed E-state index contributed by atoms with van der Waals surface area (Å²) >= 11 is 0. The molecule has 0 saturated heterocycles. The van der Waals surface area contributed by atoms with Crippen LogP contribution in [0.1, 0.15) is 25.0 Å². The van der Waals surface area contributed by atoms with Crippen molar-refractivity contribution in [2.24, 2.45) is 11.5 Å². The van der Waals surface area contributed by atoms with Gasteiger partial charge in [-0.2, -0.15) is 0 Å². The molecule has 0 fully saturated rings. The lowest BCUT2D eigenvalue weighted by Crippen LogP contribution is -2.57. The monoisotopic (exact) mass is 427 g/mol. The van der Waals surface area contributed by atoms with Crippen LogP contribution in [0.15, 0.2) is 12.5 Å². The van der Waals surface area contributed by atoms with Gasteiger partial charge in [0.2, 0.25) is 17.7 Å². The third-order valence-electron chi connectivity index (χ3n) is 4.19. The molecule has 10 N–H and O–H groups in total. The normalized spacial score (nSPS) is 13.7. The van der Waals surface area contributed by atoms with E-state index in [2.05, 4.69) is 25.9 Å². The van der Waals surface area contributed by atoms with Crippen LogP contribution in [0.5, 0.6) is 0 Å². The van der Waals surface area contributed by atoms with Crippen molar-refractivity contribution in [1.82, 2.24) is 25.9 Å². The van der Waals surface area contributed by atoms with Gasteiger partial charge in [0.05, 0.1) is 19.5 Å². The first-order valence-corrected chi connectivity index (χ1v) is 9.43. The lowest BCUT2D eigenvalue weighted by molar-refractivity contribution is -0.142. The van der Waals surface area contributed by atoms with E-state index in [1.165, 1.54) is 12.5 Å². The third kappa shape index (κ3) is 8.55. The predicted octanol–water partition coefficient (Wildman–Crippen LogP) is -3.43. The number of rotatable bonds is 14. The number of aliphatic hydroxyl groups is 1. The molecule has 0 aliphatic heterocycles. The van der Waals surface area contributed by atoms with Crippen LogP contribution in [-0.4, -0.2) is 81.7 Å². The van der Waals surface area contributed by atoms with Crippen molar-refractivity contribution in [3.8, 4) is 0 Å². The van der Waals surface area contributed by atoms with Gasteiger partial charge in [0, 0.05) is 18.3 Å². The molecule has 3 unspecified atom stereocenters. The molecule has 1 rings (SSSR count). The zero-order chi connectivity index (χ0) is 22.5. The number of aliphatic hydroxyl groups excluding tert-OH is 1. The Hall–Kier alpha value is -3.03. The minimum atomic E-state index is -1.30. The number of nitrogens with one attached hydrogen (secondary N) is 4. The van der Waals surface area contributed by atoms with E-state index in [0.717, 1.165) is 0 Å². The molecule has 168 valence electrons. The molecular formula is C17H29N7O6. The molecular weight excluding hydrogens is 398 g/mol. The maximum atomic E-state index is 12.7. The van der Waals surface area contributed by atoms with Crippen LogP contribution in [0.2, 0.25) is 0 Å². The fraction of sp³-hybridized carbons (Fsp3) is 0.588. The van der Waals surface area contributed by atoms with Gasteiger partial charge in [-0.25, -0.2) is 9.78 Å². The standard InChI is InChI=1S/C17H29N7O6/c18-4-2-1-3-11(23-16(28)13(8-25)22-14(26)6-19)15(27)24-12(17(29)30)5-10-7-20-9-21-10/h7,9,11-13,25H,1-6,8,18-19H2,(H,20,21)(H,22,26)(H,23,28)(H,24,27)(H,29,30). The lowest BCUT2D eigenvalue weighted by atomic mass is 10.1. The van der Waals surface area contributed by atoms with Crippen molar-refractivity contribution in [1.29, 1.82) is 0 Å². The average molecular weight is 427 g/mol. The van der Waals surface area contributed by atoms with Crippen molar-refractivity contribution in [2.75, 3.05) is 19.7 Å². The number of carbonyl (C=O) groups excluding carboxylic acids is 3. The number of hydrogen-bond donors (Lipinski definition) is 8. The molecule has 3 amide bonds. The minimum absolute atomic E-state index is 0.0314. The molecule has 0 aliphatic rings. The Morgan fingerprint density at radius 3 is 2.23 bits per heavy atom. The second-order valence-electron chi connectivity index (χ2n) is 6.53. The fourth-order valence-electron chi connectivity index (χ4n) is 2.57. The Morgan fingerprint density at radius 1 is 1.03 bits per heavy atom. The highest BCUT2D eigenvalue weighted by Crippen LogP contribution is 2.05. The van der Waals surface area contributed by atoms with E-state index in [0.29, 0.717) is 25.1 Å². The number of nitrogens with two attached hydrogens (primary N) is 2. The summed E-state index contributed by atoms with van der Waals surface area (Å²) in [6.07, 6.45) is 4.06. The highest BCUT2D eigenvalue weighted by Gasteiger charge is 2.29. The predicted molar refractivity (Wildman–Crippen MR) is 105 cm³/mol. The highest BCUT2D eigenvalue weighted by molar-refractivity contribution is 5.93. The SMILES string of the molecule is NCCCCC(NC(=O)C(CO)NC(=O)CN)C(=O)NC(Cc1cnc[nH]1)C(=O)O. The van der Waals surface area contributed by atoms with Gasteiger partial charge < -0.3 is 42.6 Å². The van der Waals surface area contributed by atoms with E-state index in [1.54, 1.807) is 0 Å². The summed E-state index contributed by atoms with van der Waals surface area (Å²) < 4.78 is 0. The summed E-state index contributed by atoms with van der Waals surface area (Å²) in [5.74, 6) is -3.42. The fourth-order valence-corrected chi connectivity index (χ4v) is 2.57. The first-order chi connectivity index (χ1) is 14.3. The summed E-state index contributed by atoms with van der Waals surface area (Å²) in [6, 6.07) is -3.64. The van der Waals surface area contributed by atoms with Crippen LogP contribution in [0.4, 0.5) is 0 Å². The number of carboxylic acid groups (broad SMARTS) is 1. The molecule has 13 nitrogen and oxygen atoms in total. The van der Waals surface area contributed by atoms with Crippen LogP contribution in [0.3, 0.4) is 0 Å². The molecule has 1 heterocycles. The number of carboxylic acids is 1. The molecule has 1 aromatic heterocycles. The summed E-state index contributed by atoms with van der Waals surface area (Å²) in [5, 5.41) is 25.8. The molecule has 0 aromatic carbocycles. The van der Waals surface area contributed by atoms with Crippen molar-refractivity contribution in [2.45, 2.75) is 43.8 Å².